The molecule has 3 rings (SSSR count). The Morgan fingerprint density at radius 3 is 3.00 bits per heavy atom. The van der Waals surface area contributed by atoms with E-state index in [2.05, 4.69) is 29.1 Å². The van der Waals surface area contributed by atoms with E-state index < -0.39 is 0 Å². The van der Waals surface area contributed by atoms with E-state index in [0.717, 1.165) is 12.1 Å². The van der Waals surface area contributed by atoms with Crippen molar-refractivity contribution in [2.75, 3.05) is 7.05 Å². The van der Waals surface area contributed by atoms with Gasteiger partial charge in [0.2, 0.25) is 0 Å². The third-order valence-electron chi connectivity index (χ3n) is 3.79. The Hall–Kier alpha value is -0.860. The summed E-state index contributed by atoms with van der Waals surface area (Å²) in [5, 5.41) is 0.588. The van der Waals surface area contributed by atoms with E-state index in [4.69, 9.17) is 11.6 Å². The molecular weight excluding hydrogens is 220 g/mol. The molecule has 2 nitrogen and oxygen atoms in total. The van der Waals surface area contributed by atoms with Crippen molar-refractivity contribution in [1.29, 1.82) is 0 Å². The van der Waals surface area contributed by atoms with Crippen LogP contribution in [0, 0.1) is 0 Å². The van der Waals surface area contributed by atoms with Crippen molar-refractivity contribution < 1.29 is 0 Å². The number of pyridine rings is 1. The summed E-state index contributed by atoms with van der Waals surface area (Å²) in [7, 11) is 2.22. The molecule has 1 aromatic rings. The molecule has 0 N–H and O–H groups in total. The highest BCUT2D eigenvalue weighted by Crippen LogP contribution is 2.36. The van der Waals surface area contributed by atoms with E-state index in [1.807, 2.05) is 12.1 Å². The number of likely N-dealkylation sites (N-methyl/N-ethyl adjacent to an activating group) is 1. The van der Waals surface area contributed by atoms with Crippen LogP contribution in [0.2, 0.25) is 5.15 Å². The molecule has 1 saturated heterocycles. The Labute approximate surface area is 101 Å². The number of aromatic nitrogens is 1. The Morgan fingerprint density at radius 1 is 1.38 bits per heavy atom. The van der Waals surface area contributed by atoms with Gasteiger partial charge in [0.15, 0.2) is 0 Å². The standard InChI is InChI=1S/C13H15ClN2/c1-16-10-5-6-11(16)8-9(7-10)12-3-2-4-13(14)15-12/h2-4,7,10-11H,5-6,8H2,1H3/t10-,11+/m1/s1. The summed E-state index contributed by atoms with van der Waals surface area (Å²) in [6, 6.07) is 7.17. The van der Waals surface area contributed by atoms with Gasteiger partial charge in [0.25, 0.3) is 0 Å². The number of halogens is 1. The zero-order valence-corrected chi connectivity index (χ0v) is 10.1. The fourth-order valence-corrected chi connectivity index (χ4v) is 2.98. The molecule has 0 saturated carbocycles. The third-order valence-corrected chi connectivity index (χ3v) is 4.00. The van der Waals surface area contributed by atoms with Crippen LogP contribution < -0.4 is 0 Å². The lowest BCUT2D eigenvalue weighted by Gasteiger charge is -2.30. The molecule has 2 bridgehead atoms. The van der Waals surface area contributed by atoms with Crippen LogP contribution in [0.15, 0.2) is 24.3 Å². The van der Waals surface area contributed by atoms with Crippen LogP contribution in [0.4, 0.5) is 0 Å². The average Bonchev–Trinajstić information content (AvgIpc) is 2.53. The Morgan fingerprint density at radius 2 is 2.25 bits per heavy atom. The maximum absolute atomic E-state index is 5.93. The maximum Gasteiger partial charge on any atom is 0.129 e. The molecule has 3 heterocycles. The summed E-state index contributed by atoms with van der Waals surface area (Å²) >= 11 is 5.93. The first-order valence-electron chi connectivity index (χ1n) is 5.79. The van der Waals surface area contributed by atoms with Gasteiger partial charge in [0.05, 0.1) is 5.69 Å². The predicted molar refractivity (Wildman–Crippen MR) is 66.4 cm³/mol. The van der Waals surface area contributed by atoms with Crippen molar-refractivity contribution in [1.82, 2.24) is 9.88 Å². The van der Waals surface area contributed by atoms with E-state index in [9.17, 15) is 0 Å². The van der Waals surface area contributed by atoms with Crippen LogP contribution in [-0.4, -0.2) is 29.0 Å². The van der Waals surface area contributed by atoms with Crippen LogP contribution in [-0.2, 0) is 0 Å². The van der Waals surface area contributed by atoms with Gasteiger partial charge in [-0.2, -0.15) is 0 Å². The highest BCUT2D eigenvalue weighted by Gasteiger charge is 2.34. The summed E-state index contributed by atoms with van der Waals surface area (Å²) in [4.78, 5) is 6.88. The first kappa shape index (κ1) is 10.3. The number of hydrogen-bond donors (Lipinski definition) is 0. The van der Waals surface area contributed by atoms with Crippen molar-refractivity contribution in [3.8, 4) is 0 Å². The quantitative estimate of drug-likeness (QED) is 0.695. The molecule has 2 aliphatic rings. The maximum atomic E-state index is 5.93. The lowest BCUT2D eigenvalue weighted by molar-refractivity contribution is 0.264. The van der Waals surface area contributed by atoms with Gasteiger partial charge in [-0.3, -0.25) is 4.90 Å². The smallest absolute Gasteiger partial charge is 0.129 e. The molecule has 2 atom stereocenters. The van der Waals surface area contributed by atoms with Gasteiger partial charge in [-0.15, -0.1) is 0 Å². The van der Waals surface area contributed by atoms with E-state index in [0.29, 0.717) is 17.2 Å². The topological polar surface area (TPSA) is 16.1 Å². The fraction of sp³-hybridized carbons (Fsp3) is 0.462. The van der Waals surface area contributed by atoms with Gasteiger partial charge in [0, 0.05) is 12.1 Å². The Balaban J connectivity index is 1.95. The largest absolute Gasteiger partial charge is 0.297 e. The van der Waals surface area contributed by atoms with Gasteiger partial charge in [-0.25, -0.2) is 4.98 Å². The first-order chi connectivity index (χ1) is 7.74. The summed E-state index contributed by atoms with van der Waals surface area (Å²) in [5.74, 6) is 0. The molecule has 0 aromatic carbocycles. The molecule has 0 aliphatic carbocycles. The number of fused-ring (bicyclic) bond motifs is 2. The molecule has 0 spiro atoms. The zero-order chi connectivity index (χ0) is 11.1. The van der Waals surface area contributed by atoms with Gasteiger partial charge < -0.3 is 0 Å². The van der Waals surface area contributed by atoms with Crippen molar-refractivity contribution in [3.05, 3.63) is 35.1 Å². The first-order valence-corrected chi connectivity index (χ1v) is 6.17. The zero-order valence-electron chi connectivity index (χ0n) is 9.36. The van der Waals surface area contributed by atoms with Crippen LogP contribution >= 0.6 is 11.6 Å². The number of nitrogens with zero attached hydrogens (tertiary/aromatic N) is 2. The van der Waals surface area contributed by atoms with E-state index in [-0.39, 0.29) is 0 Å². The SMILES string of the molecule is CN1[C@H]2CC[C@@H]1C=C(c1cccc(Cl)n1)C2. The summed E-state index contributed by atoms with van der Waals surface area (Å²) < 4.78 is 0. The van der Waals surface area contributed by atoms with Crippen LogP contribution in [0.3, 0.4) is 0 Å². The molecule has 16 heavy (non-hydrogen) atoms. The average molecular weight is 235 g/mol. The minimum absolute atomic E-state index is 0.588. The van der Waals surface area contributed by atoms with Gasteiger partial charge in [-0.05, 0) is 44.0 Å². The second-order valence-electron chi connectivity index (χ2n) is 4.71. The third kappa shape index (κ3) is 1.66. The van der Waals surface area contributed by atoms with Crippen LogP contribution in [0.5, 0.6) is 0 Å². The lowest BCUT2D eigenvalue weighted by atomic mass is 9.99. The van der Waals surface area contributed by atoms with Crippen LogP contribution in [0.1, 0.15) is 25.0 Å². The predicted octanol–water partition coefficient (Wildman–Crippen LogP) is 2.98. The molecule has 1 fully saturated rings. The highest BCUT2D eigenvalue weighted by atomic mass is 35.5. The van der Waals surface area contributed by atoms with Crippen molar-refractivity contribution >= 4 is 17.2 Å². The highest BCUT2D eigenvalue weighted by molar-refractivity contribution is 6.29. The normalized spacial score (nSPS) is 29.2. The number of hydrogen-bond acceptors (Lipinski definition) is 2. The van der Waals surface area contributed by atoms with Crippen molar-refractivity contribution in [3.63, 3.8) is 0 Å². The second kappa shape index (κ2) is 3.86. The van der Waals surface area contributed by atoms with E-state index in [1.165, 1.54) is 18.4 Å². The molecule has 2 aliphatic heterocycles. The molecule has 84 valence electrons. The second-order valence-corrected chi connectivity index (χ2v) is 5.09. The summed E-state index contributed by atoms with van der Waals surface area (Å²) in [6.45, 7) is 0. The molecule has 1 aromatic heterocycles. The van der Waals surface area contributed by atoms with Crippen LogP contribution in [0.25, 0.3) is 5.57 Å². The van der Waals surface area contributed by atoms with Gasteiger partial charge in [-0.1, -0.05) is 23.7 Å². The number of rotatable bonds is 1. The molecule has 0 amide bonds. The minimum Gasteiger partial charge on any atom is -0.297 e. The van der Waals surface area contributed by atoms with Crippen molar-refractivity contribution in [2.24, 2.45) is 0 Å². The molecular formula is C13H15ClN2. The van der Waals surface area contributed by atoms with E-state index in [1.54, 1.807) is 0 Å². The molecule has 3 heteroatoms. The minimum atomic E-state index is 0.588. The van der Waals surface area contributed by atoms with E-state index >= 15 is 0 Å². The lowest BCUT2D eigenvalue weighted by Crippen LogP contribution is -2.34. The van der Waals surface area contributed by atoms with Gasteiger partial charge >= 0.3 is 0 Å². The molecule has 0 radical (unpaired) electrons. The fourth-order valence-electron chi connectivity index (χ4n) is 2.82. The Kier molecular flexibility index (Phi) is 2.49. The molecule has 0 unspecified atom stereocenters. The van der Waals surface area contributed by atoms with Crippen molar-refractivity contribution in [2.45, 2.75) is 31.3 Å². The summed E-state index contributed by atoms with van der Waals surface area (Å²) in [6.07, 6.45) is 6.06. The Bertz CT molecular complexity index is 441. The monoisotopic (exact) mass is 234 g/mol. The summed E-state index contributed by atoms with van der Waals surface area (Å²) in [5.41, 5.74) is 2.42. The van der Waals surface area contributed by atoms with Gasteiger partial charge in [0.1, 0.15) is 5.15 Å².